The van der Waals surface area contributed by atoms with E-state index in [0.717, 1.165) is 42.5 Å². The second kappa shape index (κ2) is 11.0. The zero-order valence-electron chi connectivity index (χ0n) is 21.4. The van der Waals surface area contributed by atoms with Crippen molar-refractivity contribution in [1.82, 2.24) is 24.8 Å². The van der Waals surface area contributed by atoms with Gasteiger partial charge in [0.05, 0.1) is 17.9 Å². The molecular weight excluding hydrogens is 511 g/mol. The van der Waals surface area contributed by atoms with E-state index in [1.807, 2.05) is 6.07 Å². The second-order valence-corrected chi connectivity index (χ2v) is 9.47. The molecule has 1 fully saturated rings. The monoisotopic (exact) mass is 536 g/mol. The number of nitrogens with zero attached hydrogens (tertiary/aromatic N) is 4. The third-order valence-electron chi connectivity index (χ3n) is 6.87. The number of hydrogen-bond donors (Lipinski definition) is 2. The Hall–Kier alpha value is -4.96. The van der Waals surface area contributed by atoms with Gasteiger partial charge < -0.3 is 15.4 Å². The summed E-state index contributed by atoms with van der Waals surface area (Å²) in [6.07, 6.45) is 8.54. The molecule has 0 radical (unpaired) electrons. The van der Waals surface area contributed by atoms with Crippen LogP contribution in [0.1, 0.15) is 34.8 Å². The molecule has 1 aliphatic rings. The van der Waals surface area contributed by atoms with Crippen molar-refractivity contribution in [2.45, 2.75) is 18.8 Å². The van der Waals surface area contributed by atoms with Crippen LogP contribution < -0.4 is 20.9 Å². The molecule has 40 heavy (non-hydrogen) atoms. The van der Waals surface area contributed by atoms with Crippen molar-refractivity contribution < 1.29 is 13.9 Å². The molecule has 1 aliphatic heterocycles. The summed E-state index contributed by atoms with van der Waals surface area (Å²) in [5, 5.41) is 6.89. The summed E-state index contributed by atoms with van der Waals surface area (Å²) in [7, 11) is 0. The number of aromatic nitrogens is 4. The van der Waals surface area contributed by atoms with E-state index in [2.05, 4.69) is 25.6 Å². The number of piperidine rings is 1. The van der Waals surface area contributed by atoms with Crippen LogP contribution in [0.25, 0.3) is 16.6 Å². The largest absolute Gasteiger partial charge is 0.455 e. The lowest BCUT2D eigenvalue weighted by Gasteiger charge is -2.22. The van der Waals surface area contributed by atoms with Gasteiger partial charge in [0, 0.05) is 35.1 Å². The lowest BCUT2D eigenvalue weighted by molar-refractivity contribution is 0.102. The molecule has 5 heterocycles. The lowest BCUT2D eigenvalue weighted by atomic mass is 9.93. The molecular formula is C30H25FN6O3. The van der Waals surface area contributed by atoms with E-state index in [1.165, 1.54) is 47.3 Å². The Morgan fingerprint density at radius 1 is 1.00 bits per heavy atom. The molecule has 1 amide bonds. The average Bonchev–Trinajstić information content (AvgIpc) is 2.99. The second-order valence-electron chi connectivity index (χ2n) is 9.47. The Morgan fingerprint density at radius 3 is 2.60 bits per heavy atom. The smallest absolute Gasteiger partial charge is 0.267 e. The van der Waals surface area contributed by atoms with Gasteiger partial charge in [0.1, 0.15) is 28.7 Å². The molecule has 0 unspecified atom stereocenters. The Balaban J connectivity index is 1.18. The van der Waals surface area contributed by atoms with Gasteiger partial charge in [-0.05, 0) is 86.6 Å². The first-order chi connectivity index (χ1) is 19.5. The summed E-state index contributed by atoms with van der Waals surface area (Å²) in [5.41, 5.74) is 1.61. The predicted molar refractivity (Wildman–Crippen MR) is 149 cm³/mol. The van der Waals surface area contributed by atoms with Gasteiger partial charge in [-0.2, -0.15) is 0 Å². The van der Waals surface area contributed by atoms with Crippen LogP contribution in [0, 0.1) is 5.82 Å². The number of pyridine rings is 4. The zero-order chi connectivity index (χ0) is 27.5. The van der Waals surface area contributed by atoms with Crippen LogP contribution in [0.4, 0.5) is 10.2 Å². The van der Waals surface area contributed by atoms with Crippen molar-refractivity contribution in [3.05, 3.63) is 113 Å². The fourth-order valence-corrected chi connectivity index (χ4v) is 4.77. The number of ether oxygens (including phenoxy) is 1. The predicted octanol–water partition coefficient (Wildman–Crippen LogP) is 4.83. The van der Waals surface area contributed by atoms with Crippen molar-refractivity contribution >= 4 is 22.6 Å². The summed E-state index contributed by atoms with van der Waals surface area (Å²) in [6, 6.07) is 15.6. The summed E-state index contributed by atoms with van der Waals surface area (Å²) < 4.78 is 20.7. The number of carbonyl (C=O) groups is 1. The minimum Gasteiger partial charge on any atom is -0.455 e. The highest BCUT2D eigenvalue weighted by molar-refractivity contribution is 6.03. The van der Waals surface area contributed by atoms with Gasteiger partial charge in [-0.1, -0.05) is 0 Å². The van der Waals surface area contributed by atoms with Crippen LogP contribution in [0.15, 0.2) is 90.2 Å². The quantitative estimate of drug-likeness (QED) is 0.320. The molecule has 4 aromatic heterocycles. The number of amides is 1. The molecule has 2 N–H and O–H groups in total. The third kappa shape index (κ3) is 5.29. The molecule has 0 aliphatic carbocycles. The summed E-state index contributed by atoms with van der Waals surface area (Å²) in [4.78, 5) is 39.2. The normalized spacial score (nSPS) is 13.7. The maximum Gasteiger partial charge on any atom is 0.267 e. The van der Waals surface area contributed by atoms with Gasteiger partial charge >= 0.3 is 0 Å². The molecule has 1 saturated heterocycles. The maximum absolute atomic E-state index is 13.3. The Kier molecular flexibility index (Phi) is 6.98. The fourth-order valence-electron chi connectivity index (χ4n) is 4.77. The van der Waals surface area contributed by atoms with Crippen LogP contribution in [0.5, 0.6) is 11.5 Å². The number of fused-ring (bicyclic) bond motifs is 1. The summed E-state index contributed by atoms with van der Waals surface area (Å²) >= 11 is 0. The topological polar surface area (TPSA) is 111 Å². The summed E-state index contributed by atoms with van der Waals surface area (Å²) in [5.74, 6) is 0.732. The van der Waals surface area contributed by atoms with Gasteiger partial charge in [-0.25, -0.2) is 9.37 Å². The highest BCUT2D eigenvalue weighted by atomic mass is 19.1. The summed E-state index contributed by atoms with van der Waals surface area (Å²) in [6.45, 7) is 1.95. The molecule has 200 valence electrons. The van der Waals surface area contributed by atoms with Crippen molar-refractivity contribution in [2.24, 2.45) is 0 Å². The molecule has 1 aromatic carbocycles. The maximum atomic E-state index is 13.3. The van der Waals surface area contributed by atoms with Crippen molar-refractivity contribution in [1.29, 1.82) is 0 Å². The number of anilines is 1. The Bertz CT molecular complexity index is 1730. The number of rotatable bonds is 6. The van der Waals surface area contributed by atoms with Gasteiger partial charge in [0.2, 0.25) is 0 Å². The van der Waals surface area contributed by atoms with Crippen LogP contribution in [0.2, 0.25) is 0 Å². The van der Waals surface area contributed by atoms with Crippen molar-refractivity contribution in [3.63, 3.8) is 0 Å². The SMILES string of the molecule is O=C(Nc1ccc(Oc2ccnc3cnc(C4CCNCC4)cc23)cn1)c1cccn(-c2ccc(F)cc2)c1=O. The van der Waals surface area contributed by atoms with Gasteiger partial charge in [-0.3, -0.25) is 24.1 Å². The molecule has 0 atom stereocenters. The first-order valence-electron chi connectivity index (χ1n) is 12.9. The molecule has 0 bridgehead atoms. The van der Waals surface area contributed by atoms with E-state index in [4.69, 9.17) is 4.74 Å². The molecule has 10 heteroatoms. The van der Waals surface area contributed by atoms with E-state index < -0.39 is 17.3 Å². The minimum atomic E-state index is -0.610. The van der Waals surface area contributed by atoms with E-state index in [9.17, 15) is 14.0 Å². The zero-order valence-corrected chi connectivity index (χ0v) is 21.4. The van der Waals surface area contributed by atoms with Crippen LogP contribution >= 0.6 is 0 Å². The van der Waals surface area contributed by atoms with E-state index >= 15 is 0 Å². The first kappa shape index (κ1) is 25.3. The number of benzene rings is 1. The average molecular weight is 537 g/mol. The van der Waals surface area contributed by atoms with E-state index in [1.54, 1.807) is 36.7 Å². The highest BCUT2D eigenvalue weighted by Crippen LogP contribution is 2.32. The fraction of sp³-hybridized carbons (Fsp3) is 0.167. The van der Waals surface area contributed by atoms with Gasteiger partial charge in [-0.15, -0.1) is 0 Å². The van der Waals surface area contributed by atoms with Crippen LogP contribution in [-0.2, 0) is 0 Å². The lowest BCUT2D eigenvalue weighted by Crippen LogP contribution is -2.28. The van der Waals surface area contributed by atoms with E-state index in [0.29, 0.717) is 23.1 Å². The molecule has 0 spiro atoms. The van der Waals surface area contributed by atoms with E-state index in [-0.39, 0.29) is 11.4 Å². The molecule has 6 rings (SSSR count). The Labute approximate surface area is 228 Å². The number of carbonyl (C=O) groups excluding carboxylic acids is 1. The van der Waals surface area contributed by atoms with Crippen molar-refractivity contribution in [2.75, 3.05) is 18.4 Å². The minimum absolute atomic E-state index is 0.0737. The first-order valence-corrected chi connectivity index (χ1v) is 12.9. The molecule has 5 aromatic rings. The third-order valence-corrected chi connectivity index (χ3v) is 6.87. The van der Waals surface area contributed by atoms with Gasteiger partial charge in [0.15, 0.2) is 0 Å². The van der Waals surface area contributed by atoms with Crippen molar-refractivity contribution in [3.8, 4) is 17.2 Å². The number of hydrogen-bond acceptors (Lipinski definition) is 7. The standard InChI is InChI=1S/C30H25FN6O3/c31-20-3-5-21(6-4-20)37-15-1-2-23(30(37)39)29(38)36-28-8-7-22(17-35-28)40-27-11-14-33-26-18-34-25(16-24(26)27)19-9-12-32-13-10-19/h1-8,11,14-19,32H,9-10,12-13H2,(H,35,36,38). The molecule has 9 nitrogen and oxygen atoms in total. The number of nitrogens with one attached hydrogen (secondary N) is 2. The number of halogens is 1. The Morgan fingerprint density at radius 2 is 1.82 bits per heavy atom. The molecule has 0 saturated carbocycles. The highest BCUT2D eigenvalue weighted by Gasteiger charge is 2.18. The van der Waals surface area contributed by atoms with Gasteiger partial charge in [0.25, 0.3) is 11.5 Å². The van der Waals surface area contributed by atoms with Crippen LogP contribution in [0.3, 0.4) is 0 Å². The van der Waals surface area contributed by atoms with Crippen LogP contribution in [-0.4, -0.2) is 38.5 Å².